The molecule has 17 rings (SSSR count). The minimum absolute atomic E-state index is 1.07. The van der Waals surface area contributed by atoms with Gasteiger partial charge in [0.25, 0.3) is 0 Å². The van der Waals surface area contributed by atoms with E-state index in [4.69, 9.17) is 4.98 Å². The average Bonchev–Trinajstić information content (AvgIpc) is 3.97. The summed E-state index contributed by atoms with van der Waals surface area (Å²) in [5.41, 5.74) is 15.7. The molecule has 388 valence electrons. The Balaban J connectivity index is 1.03. The third-order valence-corrected chi connectivity index (χ3v) is 22.2. The number of benzene rings is 11. The number of rotatable bonds is 9. The predicted molar refractivity (Wildman–Crippen MR) is 348 cm³/mol. The fourth-order valence-electron chi connectivity index (χ4n) is 14.0. The summed E-state index contributed by atoms with van der Waals surface area (Å²) >= 11 is 0. The fourth-order valence-corrected chi connectivity index (χ4v) is 18.8. The van der Waals surface area contributed by atoms with Crippen molar-refractivity contribution in [3.8, 4) is 33.9 Å². The van der Waals surface area contributed by atoms with Crippen LogP contribution in [0.25, 0.3) is 121 Å². The Labute approximate surface area is 479 Å². The molecular formula is C76H50N6Si. The van der Waals surface area contributed by atoms with Crippen molar-refractivity contribution >= 4 is 116 Å². The first-order valence-electron chi connectivity index (χ1n) is 28.4. The van der Waals surface area contributed by atoms with Gasteiger partial charge in [-0.15, -0.1) is 0 Å². The van der Waals surface area contributed by atoms with Gasteiger partial charge < -0.3 is 18.3 Å². The third kappa shape index (κ3) is 6.95. The van der Waals surface area contributed by atoms with Gasteiger partial charge in [-0.3, -0.25) is 9.97 Å². The van der Waals surface area contributed by atoms with E-state index in [1.165, 1.54) is 47.7 Å². The standard InChI is InChI=1S/C76H50N6Si/c1-6-22-52(23-7-1)79-70-39-38-55(47-64(70)67-50-78-44-42-73(67)79)82-69-36-19-17-34-61(69)74-75(82)62(51-21-20-32-59(45-51)83(56-26-10-3-11-27-56,57-28-12-4-13-29-57)58-30-14-5-15-31-58)48-65-63-46-54(37-40-71(63)81(76(65)74)53-24-8-2-9-25-53)80-68-35-18-16-33-60(68)66-49-77-43-41-72(66)80/h1-50H. The highest BCUT2D eigenvalue weighted by Gasteiger charge is 2.41. The Morgan fingerprint density at radius 3 is 1.28 bits per heavy atom. The predicted octanol–water partition coefficient (Wildman–Crippen LogP) is 15.9. The first-order valence-corrected chi connectivity index (χ1v) is 30.4. The molecule has 0 aliphatic carbocycles. The summed E-state index contributed by atoms with van der Waals surface area (Å²) in [4.78, 5) is 9.34. The van der Waals surface area contributed by atoms with Gasteiger partial charge in [-0.2, -0.15) is 0 Å². The average molecular weight is 1080 g/mol. The van der Waals surface area contributed by atoms with Crippen LogP contribution in [0.2, 0.25) is 0 Å². The Hall–Kier alpha value is -10.9. The molecule has 6 aromatic heterocycles. The molecule has 6 heterocycles. The summed E-state index contributed by atoms with van der Waals surface area (Å²) < 4.78 is 9.85. The molecule has 0 atom stereocenters. The van der Waals surface area contributed by atoms with Gasteiger partial charge in [0.15, 0.2) is 8.07 Å². The molecule has 0 N–H and O–H groups in total. The molecule has 17 aromatic rings. The van der Waals surface area contributed by atoms with Gasteiger partial charge in [0, 0.05) is 96.2 Å². The van der Waals surface area contributed by atoms with Crippen molar-refractivity contribution in [2.24, 2.45) is 0 Å². The van der Waals surface area contributed by atoms with E-state index in [9.17, 15) is 0 Å². The molecule has 0 spiro atoms. The summed E-state index contributed by atoms with van der Waals surface area (Å²) in [7, 11) is -2.97. The second kappa shape index (κ2) is 18.6. The molecule has 0 aliphatic heterocycles. The summed E-state index contributed by atoms with van der Waals surface area (Å²) in [5.74, 6) is 0. The minimum atomic E-state index is -2.97. The van der Waals surface area contributed by atoms with Crippen LogP contribution in [0, 0.1) is 0 Å². The summed E-state index contributed by atoms with van der Waals surface area (Å²) in [6.45, 7) is 0. The number of hydrogen-bond donors (Lipinski definition) is 0. The SMILES string of the molecule is c1ccc(-n2c3ccncc3c3cc(-n4c5ccccc5c5c4c(-c4cccc([Si](c6ccccc6)(c6ccccc6)c6ccccc6)c4)cc4c6cc(-n7c8ccccc8c8cnccc87)ccc6n(-c6ccccc6)c45)ccc32)cc1. The molecule has 0 saturated heterocycles. The van der Waals surface area contributed by atoms with Crippen molar-refractivity contribution < 1.29 is 0 Å². The molecule has 0 bridgehead atoms. The van der Waals surface area contributed by atoms with Crippen LogP contribution in [-0.4, -0.2) is 36.3 Å². The van der Waals surface area contributed by atoms with Crippen molar-refractivity contribution in [1.82, 2.24) is 28.2 Å². The molecule has 0 saturated carbocycles. The number of nitrogens with zero attached hydrogens (tertiary/aromatic N) is 6. The Bertz CT molecular complexity index is 5220. The summed E-state index contributed by atoms with van der Waals surface area (Å²) in [6, 6.07) is 104. The topological polar surface area (TPSA) is 45.5 Å². The van der Waals surface area contributed by atoms with Gasteiger partial charge in [0.1, 0.15) is 0 Å². The molecule has 0 aliphatic rings. The zero-order valence-electron chi connectivity index (χ0n) is 45.1. The van der Waals surface area contributed by atoms with Crippen LogP contribution in [0.15, 0.2) is 304 Å². The second-order valence-electron chi connectivity index (χ2n) is 21.7. The molecule has 0 radical (unpaired) electrons. The van der Waals surface area contributed by atoms with E-state index in [-0.39, 0.29) is 0 Å². The van der Waals surface area contributed by atoms with Crippen molar-refractivity contribution in [2.45, 2.75) is 0 Å². The van der Waals surface area contributed by atoms with Gasteiger partial charge in [-0.25, -0.2) is 0 Å². The van der Waals surface area contributed by atoms with E-state index in [1.54, 1.807) is 0 Å². The fraction of sp³-hybridized carbons (Fsp3) is 0. The lowest BCUT2D eigenvalue weighted by atomic mass is 9.98. The molecular weight excluding hydrogens is 1020 g/mol. The van der Waals surface area contributed by atoms with Crippen LogP contribution in [0.3, 0.4) is 0 Å². The molecule has 6 nitrogen and oxygen atoms in total. The number of aromatic nitrogens is 6. The van der Waals surface area contributed by atoms with Crippen LogP contribution < -0.4 is 20.7 Å². The molecule has 83 heavy (non-hydrogen) atoms. The first-order chi connectivity index (χ1) is 41.2. The van der Waals surface area contributed by atoms with E-state index < -0.39 is 8.07 Å². The lowest BCUT2D eigenvalue weighted by molar-refractivity contribution is 1.16. The molecule has 0 unspecified atom stereocenters. The van der Waals surface area contributed by atoms with Gasteiger partial charge in [0.05, 0.1) is 44.1 Å². The number of para-hydroxylation sites is 4. The first kappa shape index (κ1) is 47.0. The quantitative estimate of drug-likeness (QED) is 0.107. The number of pyridine rings is 2. The maximum atomic E-state index is 4.73. The highest BCUT2D eigenvalue weighted by Crippen LogP contribution is 2.48. The molecule has 0 fully saturated rings. The highest BCUT2D eigenvalue weighted by molar-refractivity contribution is 7.20. The van der Waals surface area contributed by atoms with Crippen LogP contribution in [0.4, 0.5) is 0 Å². The highest BCUT2D eigenvalue weighted by atomic mass is 28.3. The van der Waals surface area contributed by atoms with E-state index >= 15 is 0 Å². The largest absolute Gasteiger partial charge is 0.309 e. The number of hydrogen-bond acceptors (Lipinski definition) is 2. The maximum Gasteiger partial charge on any atom is 0.179 e. The van der Waals surface area contributed by atoms with Crippen LogP contribution in [0.1, 0.15) is 0 Å². The lowest BCUT2D eigenvalue weighted by Gasteiger charge is -2.34. The van der Waals surface area contributed by atoms with Gasteiger partial charge in [-0.1, -0.05) is 188 Å². The van der Waals surface area contributed by atoms with E-state index in [1.807, 2.05) is 24.8 Å². The summed E-state index contributed by atoms with van der Waals surface area (Å²) in [6.07, 6.45) is 7.84. The van der Waals surface area contributed by atoms with Crippen molar-refractivity contribution in [3.05, 3.63) is 304 Å². The third-order valence-electron chi connectivity index (χ3n) is 17.4. The second-order valence-corrected chi connectivity index (χ2v) is 25.5. The monoisotopic (exact) mass is 1070 g/mol. The smallest absolute Gasteiger partial charge is 0.179 e. The zero-order chi connectivity index (χ0) is 54.6. The molecule has 0 amide bonds. The normalized spacial score (nSPS) is 12.1. The van der Waals surface area contributed by atoms with Crippen LogP contribution in [0.5, 0.6) is 0 Å². The Morgan fingerprint density at radius 1 is 0.253 bits per heavy atom. The van der Waals surface area contributed by atoms with Crippen LogP contribution in [-0.2, 0) is 0 Å². The van der Waals surface area contributed by atoms with Crippen molar-refractivity contribution in [1.29, 1.82) is 0 Å². The van der Waals surface area contributed by atoms with Gasteiger partial charge >= 0.3 is 0 Å². The Morgan fingerprint density at radius 2 is 0.675 bits per heavy atom. The van der Waals surface area contributed by atoms with Gasteiger partial charge in [0.2, 0.25) is 0 Å². The number of fused-ring (bicyclic) bond motifs is 13. The van der Waals surface area contributed by atoms with Crippen molar-refractivity contribution in [2.75, 3.05) is 0 Å². The minimum Gasteiger partial charge on any atom is -0.309 e. The Kier molecular flexibility index (Phi) is 10.5. The molecule has 11 aromatic carbocycles. The van der Waals surface area contributed by atoms with Crippen molar-refractivity contribution in [3.63, 3.8) is 0 Å². The van der Waals surface area contributed by atoms with E-state index in [0.29, 0.717) is 0 Å². The summed E-state index contributed by atoms with van der Waals surface area (Å²) in [5, 5.41) is 14.6. The maximum absolute atomic E-state index is 4.73. The van der Waals surface area contributed by atoms with E-state index in [2.05, 4.69) is 302 Å². The van der Waals surface area contributed by atoms with Crippen LogP contribution >= 0.6 is 0 Å². The van der Waals surface area contributed by atoms with Gasteiger partial charge in [-0.05, 0) is 117 Å². The van der Waals surface area contributed by atoms with E-state index in [0.717, 1.165) is 94.2 Å². The lowest BCUT2D eigenvalue weighted by Crippen LogP contribution is -2.74. The zero-order valence-corrected chi connectivity index (χ0v) is 46.1. The molecule has 7 heteroatoms.